The van der Waals surface area contributed by atoms with Crippen molar-refractivity contribution in [1.82, 2.24) is 15.5 Å². The highest BCUT2D eigenvalue weighted by Gasteiger charge is 2.10. The zero-order chi connectivity index (χ0) is 17.9. The van der Waals surface area contributed by atoms with Crippen LogP contribution >= 0.6 is 27.7 Å². The molecule has 0 saturated carbocycles. The van der Waals surface area contributed by atoms with Gasteiger partial charge in [-0.1, -0.05) is 15.9 Å². The van der Waals surface area contributed by atoms with Crippen molar-refractivity contribution in [2.75, 3.05) is 38.5 Å². The molecule has 0 aliphatic carbocycles. The van der Waals surface area contributed by atoms with Crippen LogP contribution in [0.15, 0.2) is 31.3 Å². The Labute approximate surface area is 163 Å². The van der Waals surface area contributed by atoms with Crippen molar-refractivity contribution < 1.29 is 0 Å². The first-order chi connectivity index (χ1) is 12.2. The number of thioether (sulfide) groups is 1. The Balaban J connectivity index is 1.80. The quantitative estimate of drug-likeness (QED) is 0.431. The van der Waals surface area contributed by atoms with E-state index < -0.39 is 0 Å². The summed E-state index contributed by atoms with van der Waals surface area (Å²) in [5.41, 5.74) is 0.654. The number of halogens is 1. The molecular formula is C17H27BrN6S. The van der Waals surface area contributed by atoms with Crippen molar-refractivity contribution in [3.8, 4) is 0 Å². The Hall–Kier alpha value is -1.12. The van der Waals surface area contributed by atoms with E-state index in [1.165, 1.54) is 37.1 Å². The Morgan fingerprint density at radius 3 is 3.00 bits per heavy atom. The van der Waals surface area contributed by atoms with Gasteiger partial charge >= 0.3 is 0 Å². The van der Waals surface area contributed by atoms with Crippen LogP contribution < -0.4 is 10.6 Å². The third kappa shape index (κ3) is 7.75. The molecule has 0 aromatic heterocycles. The van der Waals surface area contributed by atoms with E-state index in [0.717, 1.165) is 29.7 Å². The van der Waals surface area contributed by atoms with Gasteiger partial charge in [-0.25, -0.2) is 9.98 Å². The third-order valence-corrected chi connectivity index (χ3v) is 6.10. The molecule has 1 fully saturated rings. The second kappa shape index (κ2) is 11.5. The molecule has 0 atom stereocenters. The SMILES string of the molecule is C/C1=C(\Br)C/N=C(N/C(C=N)=C/NCCCN2CCCC2)\N=C/CS1. The van der Waals surface area contributed by atoms with Crippen LogP contribution in [0, 0.1) is 5.41 Å². The minimum Gasteiger partial charge on any atom is -0.389 e. The lowest BCUT2D eigenvalue weighted by Gasteiger charge is -2.14. The van der Waals surface area contributed by atoms with Crippen LogP contribution in [-0.2, 0) is 0 Å². The Morgan fingerprint density at radius 2 is 2.24 bits per heavy atom. The van der Waals surface area contributed by atoms with E-state index in [0.29, 0.717) is 18.2 Å². The van der Waals surface area contributed by atoms with Crippen molar-refractivity contribution in [2.24, 2.45) is 9.98 Å². The molecule has 0 bridgehead atoms. The predicted octanol–water partition coefficient (Wildman–Crippen LogP) is 2.94. The molecule has 3 N–H and O–H groups in total. The number of rotatable bonds is 7. The van der Waals surface area contributed by atoms with Crippen LogP contribution in [-0.4, -0.2) is 61.8 Å². The summed E-state index contributed by atoms with van der Waals surface area (Å²) >= 11 is 5.30. The van der Waals surface area contributed by atoms with Crippen molar-refractivity contribution >= 4 is 46.1 Å². The van der Waals surface area contributed by atoms with Crippen molar-refractivity contribution in [2.45, 2.75) is 26.2 Å². The van der Waals surface area contributed by atoms with Gasteiger partial charge in [-0.15, -0.1) is 11.8 Å². The van der Waals surface area contributed by atoms with E-state index in [1.807, 2.05) is 12.4 Å². The van der Waals surface area contributed by atoms with Gasteiger partial charge in [0.2, 0.25) is 5.96 Å². The second-order valence-electron chi connectivity index (χ2n) is 5.95. The van der Waals surface area contributed by atoms with Gasteiger partial charge in [-0.05, 0) is 50.7 Å². The van der Waals surface area contributed by atoms with Crippen LogP contribution in [0.1, 0.15) is 26.2 Å². The topological polar surface area (TPSA) is 75.9 Å². The van der Waals surface area contributed by atoms with E-state index in [4.69, 9.17) is 5.41 Å². The van der Waals surface area contributed by atoms with Gasteiger partial charge in [0.1, 0.15) is 0 Å². The number of guanidine groups is 1. The Morgan fingerprint density at radius 1 is 1.44 bits per heavy atom. The molecule has 2 rings (SSSR count). The van der Waals surface area contributed by atoms with Gasteiger partial charge in [-0.3, -0.25) is 0 Å². The number of nitrogens with zero attached hydrogens (tertiary/aromatic N) is 3. The summed E-state index contributed by atoms with van der Waals surface area (Å²) in [6.07, 6.45) is 8.73. The van der Waals surface area contributed by atoms with E-state index >= 15 is 0 Å². The standard InChI is InChI=1S/C17H27BrN6S/c1-14-16(18)13-22-17(21-6-10-25-14)23-15(11-19)12-20-5-4-9-24-7-2-3-8-24/h6,11-12,19-20H,2-5,7-10,13H2,1H3,(H,22,23)/b15-12+,16-14+,19-11?,21-6-. The molecule has 0 unspecified atom stereocenters. The molecule has 0 spiro atoms. The molecule has 2 aliphatic rings. The van der Waals surface area contributed by atoms with Crippen molar-refractivity contribution in [3.05, 3.63) is 21.3 Å². The lowest BCUT2D eigenvalue weighted by molar-refractivity contribution is 0.333. The first kappa shape index (κ1) is 20.2. The molecule has 6 nitrogen and oxygen atoms in total. The monoisotopic (exact) mass is 426 g/mol. The highest BCUT2D eigenvalue weighted by atomic mass is 79.9. The van der Waals surface area contributed by atoms with Gasteiger partial charge in [0.05, 0.1) is 12.2 Å². The Bertz CT molecular complexity index is 563. The zero-order valence-corrected chi connectivity index (χ0v) is 17.1. The van der Waals surface area contributed by atoms with Crippen LogP contribution in [0.3, 0.4) is 0 Å². The minimum atomic E-state index is 0.529. The number of allylic oxidation sites excluding steroid dienone is 2. The van der Waals surface area contributed by atoms with E-state index in [1.54, 1.807) is 11.8 Å². The smallest absolute Gasteiger partial charge is 0.222 e. The molecule has 2 aliphatic heterocycles. The highest BCUT2D eigenvalue weighted by molar-refractivity contribution is 9.11. The fourth-order valence-electron chi connectivity index (χ4n) is 2.57. The lowest BCUT2D eigenvalue weighted by atomic mass is 10.4. The zero-order valence-electron chi connectivity index (χ0n) is 14.7. The number of hydrogen-bond donors (Lipinski definition) is 3. The van der Waals surface area contributed by atoms with Crippen LogP contribution in [0.2, 0.25) is 0 Å². The maximum Gasteiger partial charge on any atom is 0.222 e. The van der Waals surface area contributed by atoms with Gasteiger partial charge in [0.15, 0.2) is 0 Å². The van der Waals surface area contributed by atoms with Crippen LogP contribution in [0.4, 0.5) is 0 Å². The largest absolute Gasteiger partial charge is 0.389 e. The molecule has 1 saturated heterocycles. The van der Waals surface area contributed by atoms with Gasteiger partial charge < -0.3 is 20.9 Å². The number of hydrogen-bond acceptors (Lipinski definition) is 7. The summed E-state index contributed by atoms with van der Waals surface area (Å²) in [6, 6.07) is 0. The van der Waals surface area contributed by atoms with Crippen LogP contribution in [0.25, 0.3) is 0 Å². The molecule has 0 aromatic carbocycles. The fraction of sp³-hybridized carbons (Fsp3) is 0.588. The molecule has 0 amide bonds. The number of aliphatic imine (C=N–C) groups is 2. The third-order valence-electron chi connectivity index (χ3n) is 4.00. The average molecular weight is 427 g/mol. The summed E-state index contributed by atoms with van der Waals surface area (Å²) < 4.78 is 1.07. The molecule has 0 aromatic rings. The summed E-state index contributed by atoms with van der Waals surface area (Å²) in [4.78, 5) is 12.6. The molecule has 2 heterocycles. The van der Waals surface area contributed by atoms with Crippen molar-refractivity contribution in [1.29, 1.82) is 5.41 Å². The Kier molecular flexibility index (Phi) is 9.28. The normalized spacial score (nSPS) is 26.2. The van der Waals surface area contributed by atoms with E-state index in [2.05, 4.69) is 48.4 Å². The molecular weight excluding hydrogens is 400 g/mol. The first-order valence-corrected chi connectivity index (χ1v) is 10.5. The average Bonchev–Trinajstić information content (AvgIpc) is 3.15. The summed E-state index contributed by atoms with van der Waals surface area (Å²) in [7, 11) is 0. The number of nitrogens with one attached hydrogen (secondary N) is 3. The maximum absolute atomic E-state index is 7.57. The summed E-state index contributed by atoms with van der Waals surface area (Å²) in [6.45, 7) is 7.14. The maximum atomic E-state index is 7.57. The fourth-order valence-corrected chi connectivity index (χ4v) is 3.66. The minimum absolute atomic E-state index is 0.529. The summed E-state index contributed by atoms with van der Waals surface area (Å²) in [5, 5.41) is 14.0. The van der Waals surface area contributed by atoms with Gasteiger partial charge in [0, 0.05) is 35.4 Å². The van der Waals surface area contributed by atoms with Gasteiger partial charge in [0.25, 0.3) is 0 Å². The predicted molar refractivity (Wildman–Crippen MR) is 113 cm³/mol. The first-order valence-electron chi connectivity index (χ1n) is 8.67. The van der Waals surface area contributed by atoms with Gasteiger partial charge in [-0.2, -0.15) is 0 Å². The molecule has 25 heavy (non-hydrogen) atoms. The molecule has 8 heteroatoms. The van der Waals surface area contributed by atoms with E-state index in [9.17, 15) is 0 Å². The summed E-state index contributed by atoms with van der Waals surface area (Å²) in [5.74, 6) is 1.33. The molecule has 138 valence electrons. The number of likely N-dealkylation sites (tertiary alicyclic amines) is 1. The molecule has 0 radical (unpaired) electrons. The van der Waals surface area contributed by atoms with E-state index in [-0.39, 0.29) is 0 Å². The van der Waals surface area contributed by atoms with Crippen molar-refractivity contribution in [3.63, 3.8) is 0 Å². The highest BCUT2D eigenvalue weighted by Crippen LogP contribution is 2.23. The lowest BCUT2D eigenvalue weighted by Crippen LogP contribution is -2.26. The van der Waals surface area contributed by atoms with Crippen LogP contribution in [0.5, 0.6) is 0 Å². The second-order valence-corrected chi connectivity index (χ2v) is 8.14.